The van der Waals surface area contributed by atoms with Gasteiger partial charge in [0.2, 0.25) is 0 Å². The second-order valence-electron chi connectivity index (χ2n) is 11.9. The average Bonchev–Trinajstić information content (AvgIpc) is 3.75. The second kappa shape index (κ2) is 14.0. The third-order valence-electron chi connectivity index (χ3n) is 8.77. The van der Waals surface area contributed by atoms with Crippen molar-refractivity contribution in [1.29, 1.82) is 0 Å². The molecule has 0 atom stereocenters. The van der Waals surface area contributed by atoms with E-state index >= 15 is 0 Å². The molecule has 0 aliphatic heterocycles. The molecule has 0 amide bonds. The Bertz CT molecular complexity index is 2720. The van der Waals surface area contributed by atoms with E-state index in [0.29, 0.717) is 0 Å². The van der Waals surface area contributed by atoms with Crippen LogP contribution < -0.4 is 0 Å². The summed E-state index contributed by atoms with van der Waals surface area (Å²) in [4.78, 5) is 13.3. The van der Waals surface area contributed by atoms with Gasteiger partial charge >= 0.3 is 0 Å². The van der Waals surface area contributed by atoms with Crippen molar-refractivity contribution in [1.82, 2.24) is 15.0 Å². The molecule has 0 saturated heterocycles. The van der Waals surface area contributed by atoms with Crippen LogP contribution in [0.15, 0.2) is 173 Å². The van der Waals surface area contributed by atoms with E-state index in [1.807, 2.05) is 109 Å². The third kappa shape index (κ3) is 6.35. The molecule has 5 aromatic carbocycles. The van der Waals surface area contributed by atoms with Crippen molar-refractivity contribution in [3.63, 3.8) is 0 Å². The fourth-order valence-corrected chi connectivity index (χ4v) is 6.32. The third-order valence-corrected chi connectivity index (χ3v) is 8.77. The minimum atomic E-state index is 0. The van der Waals surface area contributed by atoms with Crippen LogP contribution in [0.25, 0.3) is 88.6 Å². The summed E-state index contributed by atoms with van der Waals surface area (Å²) in [5.74, 6) is 0. The summed E-state index contributed by atoms with van der Waals surface area (Å²) in [6.45, 7) is 0. The van der Waals surface area contributed by atoms with Crippen molar-refractivity contribution in [3.05, 3.63) is 176 Å². The monoisotopic (exact) mass is 834 g/mol. The summed E-state index contributed by atoms with van der Waals surface area (Å²) >= 11 is 0. The normalized spacial score (nSPS) is 11.0. The number of hydrogen-bond acceptors (Lipinski definition) is 5. The van der Waals surface area contributed by atoms with Gasteiger partial charge in [-0.05, 0) is 65.0 Å². The van der Waals surface area contributed by atoms with Gasteiger partial charge in [-0.3, -0.25) is 4.98 Å². The van der Waals surface area contributed by atoms with Crippen molar-refractivity contribution < 1.29 is 28.9 Å². The molecular weight excluding hydrogens is 807 g/mol. The second-order valence-corrected chi connectivity index (χ2v) is 11.9. The molecule has 245 valence electrons. The van der Waals surface area contributed by atoms with E-state index in [2.05, 4.69) is 69.5 Å². The van der Waals surface area contributed by atoms with Gasteiger partial charge in [0.05, 0.1) is 0 Å². The molecule has 51 heavy (non-hydrogen) atoms. The van der Waals surface area contributed by atoms with E-state index in [9.17, 15) is 0 Å². The van der Waals surface area contributed by atoms with Crippen molar-refractivity contribution >= 4 is 43.9 Å². The molecule has 10 aromatic rings. The Morgan fingerprint density at radius 1 is 0.412 bits per heavy atom. The number of benzene rings is 5. The maximum Gasteiger partial charge on any atom is 0.139 e. The summed E-state index contributed by atoms with van der Waals surface area (Å²) in [6, 6.07) is 52.9. The Balaban J connectivity index is 0.000000245. The van der Waals surface area contributed by atoms with Crippen LogP contribution in [0.2, 0.25) is 0 Å². The zero-order valence-electron chi connectivity index (χ0n) is 27.1. The molecule has 5 heterocycles. The fraction of sp³-hybridized carbons (Fsp3) is 0. The molecule has 0 aliphatic rings. The molecule has 0 fully saturated rings. The first kappa shape index (κ1) is 32.0. The van der Waals surface area contributed by atoms with E-state index in [0.717, 1.165) is 88.6 Å². The maximum atomic E-state index is 6.21. The molecule has 0 N–H and O–H groups in total. The summed E-state index contributed by atoms with van der Waals surface area (Å²) in [7, 11) is 0. The quantitative estimate of drug-likeness (QED) is 0.165. The molecule has 0 bridgehead atoms. The topological polar surface area (TPSA) is 65.0 Å². The number of aromatic nitrogens is 3. The summed E-state index contributed by atoms with van der Waals surface area (Å²) < 4.78 is 12.3. The largest absolute Gasteiger partial charge is 0.456 e. The standard InChI is InChI=1S/C34H19N2O2.C11H8N.Ir/c1-2-10-31-26(8-1)28-17-29-27-16-22(11-12-32(27)38-34(29)18-33(28)37-31)25-15-24(19-35-20-25)21-6-5-7-23(14-21)30-9-3-4-13-36-30;1-2-6-10(7-3-1)11-8-4-5-9-12-11;/h1-6,8-20H;1-6,8-9H;/q2*-1;. The molecule has 6 heteroatoms. The number of nitrogens with zero attached hydrogens (tertiary/aromatic N) is 3. The number of fused-ring (bicyclic) bond motifs is 6. The Kier molecular flexibility index (Phi) is 8.77. The van der Waals surface area contributed by atoms with Crippen LogP contribution in [-0.2, 0) is 20.1 Å². The summed E-state index contributed by atoms with van der Waals surface area (Å²) in [5.41, 5.74) is 11.5. The summed E-state index contributed by atoms with van der Waals surface area (Å²) in [5, 5.41) is 4.34. The van der Waals surface area contributed by atoms with Crippen LogP contribution in [0.3, 0.4) is 0 Å². The average molecular weight is 834 g/mol. The predicted octanol–water partition coefficient (Wildman–Crippen LogP) is 11.6. The number of furan rings is 2. The van der Waals surface area contributed by atoms with Crippen LogP contribution in [0, 0.1) is 12.1 Å². The van der Waals surface area contributed by atoms with Crippen LogP contribution in [0.1, 0.15) is 0 Å². The molecule has 0 aliphatic carbocycles. The van der Waals surface area contributed by atoms with Gasteiger partial charge in [-0.25, -0.2) is 0 Å². The van der Waals surface area contributed by atoms with E-state index < -0.39 is 0 Å². The Morgan fingerprint density at radius 2 is 1.04 bits per heavy atom. The zero-order valence-corrected chi connectivity index (χ0v) is 29.5. The van der Waals surface area contributed by atoms with Gasteiger partial charge in [0.25, 0.3) is 0 Å². The molecule has 5 aromatic heterocycles. The van der Waals surface area contributed by atoms with Gasteiger partial charge in [-0.1, -0.05) is 54.1 Å². The molecule has 0 spiro atoms. The van der Waals surface area contributed by atoms with Gasteiger partial charge in [0.15, 0.2) is 0 Å². The molecule has 10 rings (SSSR count). The van der Waals surface area contributed by atoms with Gasteiger partial charge in [-0.2, -0.15) is 0 Å². The SMILES string of the molecule is [Ir].[c-]1ccc(-c2cncc(-c3ccc4oc5cc6oc7ccccc7c6cc5c4c3)c2)cc1-c1ccccn1.[c-]1ccccc1-c1ccccn1. The van der Waals surface area contributed by atoms with Gasteiger partial charge in [0, 0.05) is 78.1 Å². The van der Waals surface area contributed by atoms with E-state index in [1.165, 1.54) is 0 Å². The minimum Gasteiger partial charge on any atom is -0.456 e. The first-order chi connectivity index (χ1) is 24.8. The Morgan fingerprint density at radius 3 is 1.76 bits per heavy atom. The van der Waals surface area contributed by atoms with Crippen LogP contribution in [-0.4, -0.2) is 15.0 Å². The number of para-hydroxylation sites is 1. The smallest absolute Gasteiger partial charge is 0.139 e. The molecule has 1 radical (unpaired) electrons. The molecule has 0 unspecified atom stereocenters. The maximum absolute atomic E-state index is 6.21. The Labute approximate surface area is 307 Å². The van der Waals surface area contributed by atoms with Gasteiger partial charge in [-0.15, -0.1) is 65.7 Å². The van der Waals surface area contributed by atoms with Gasteiger partial charge in [0.1, 0.15) is 22.3 Å². The fourth-order valence-electron chi connectivity index (χ4n) is 6.32. The Hall–Kier alpha value is -6.20. The zero-order chi connectivity index (χ0) is 33.3. The molecular formula is C45H27IrN3O2-2. The van der Waals surface area contributed by atoms with Crippen molar-refractivity contribution in [3.8, 4) is 44.8 Å². The summed E-state index contributed by atoms with van der Waals surface area (Å²) in [6.07, 6.45) is 7.39. The first-order valence-electron chi connectivity index (χ1n) is 16.3. The van der Waals surface area contributed by atoms with Crippen molar-refractivity contribution in [2.24, 2.45) is 0 Å². The van der Waals surface area contributed by atoms with E-state index in [1.54, 1.807) is 12.4 Å². The van der Waals surface area contributed by atoms with Gasteiger partial charge < -0.3 is 18.8 Å². The van der Waals surface area contributed by atoms with Crippen LogP contribution in [0.4, 0.5) is 0 Å². The molecule has 5 nitrogen and oxygen atoms in total. The minimum absolute atomic E-state index is 0. The number of hydrogen-bond donors (Lipinski definition) is 0. The van der Waals surface area contributed by atoms with Crippen LogP contribution in [0.5, 0.6) is 0 Å². The first-order valence-corrected chi connectivity index (χ1v) is 16.3. The van der Waals surface area contributed by atoms with Crippen molar-refractivity contribution in [2.75, 3.05) is 0 Å². The van der Waals surface area contributed by atoms with Crippen LogP contribution >= 0.6 is 0 Å². The van der Waals surface area contributed by atoms with E-state index in [4.69, 9.17) is 8.83 Å². The number of pyridine rings is 3. The number of rotatable bonds is 4. The van der Waals surface area contributed by atoms with Crippen molar-refractivity contribution in [2.45, 2.75) is 0 Å². The predicted molar refractivity (Wildman–Crippen MR) is 200 cm³/mol. The van der Waals surface area contributed by atoms with E-state index in [-0.39, 0.29) is 20.1 Å². The molecule has 0 saturated carbocycles.